The van der Waals surface area contributed by atoms with E-state index in [2.05, 4.69) is 14.7 Å². The summed E-state index contributed by atoms with van der Waals surface area (Å²) in [6.07, 6.45) is 2.82. The second-order valence-corrected chi connectivity index (χ2v) is 3.39. The van der Waals surface area contributed by atoms with Crippen LogP contribution in [0.5, 0.6) is 0 Å². The van der Waals surface area contributed by atoms with Gasteiger partial charge in [0.25, 0.3) is 0 Å². The number of likely N-dealkylation sites (N-methyl/N-ethyl adjacent to an activating group) is 1. The summed E-state index contributed by atoms with van der Waals surface area (Å²) in [5.41, 5.74) is 0.163. The molecular formula is C10H15N3O3. The Hall–Kier alpha value is -1.69. The van der Waals surface area contributed by atoms with E-state index in [1.165, 1.54) is 19.5 Å². The van der Waals surface area contributed by atoms with Crippen LogP contribution in [0.2, 0.25) is 0 Å². The van der Waals surface area contributed by atoms with Crippen LogP contribution in [-0.2, 0) is 4.74 Å². The molecule has 1 heterocycles. The zero-order chi connectivity index (χ0) is 12.1. The Morgan fingerprint density at radius 3 is 2.69 bits per heavy atom. The molecule has 0 spiro atoms. The largest absolute Gasteiger partial charge is 0.464 e. The first kappa shape index (κ1) is 12.4. The number of nitrogens with zero attached hydrogens (tertiary/aromatic N) is 3. The minimum atomic E-state index is -0.517. The summed E-state index contributed by atoms with van der Waals surface area (Å²) in [5, 5.41) is 8.98. The molecule has 1 atom stereocenters. The molecule has 1 aromatic heterocycles. The van der Waals surface area contributed by atoms with E-state index in [1.807, 2.05) is 6.92 Å². The SMILES string of the molecule is COC(=O)c1cnc(N(C)C(C)CO)cn1. The maximum absolute atomic E-state index is 11.1. The average molecular weight is 225 g/mol. The van der Waals surface area contributed by atoms with E-state index in [0.717, 1.165) is 0 Å². The molecule has 0 aliphatic rings. The summed E-state index contributed by atoms with van der Waals surface area (Å²) in [5.74, 6) is 0.0751. The number of aliphatic hydroxyl groups excluding tert-OH is 1. The monoisotopic (exact) mass is 225 g/mol. The molecule has 0 aliphatic heterocycles. The number of hydrogen-bond acceptors (Lipinski definition) is 6. The van der Waals surface area contributed by atoms with Crippen molar-refractivity contribution in [2.24, 2.45) is 0 Å². The molecule has 0 bridgehead atoms. The topological polar surface area (TPSA) is 75.5 Å². The number of aliphatic hydroxyl groups is 1. The van der Waals surface area contributed by atoms with E-state index in [-0.39, 0.29) is 18.3 Å². The molecule has 1 unspecified atom stereocenters. The van der Waals surface area contributed by atoms with E-state index in [0.29, 0.717) is 5.82 Å². The highest BCUT2D eigenvalue weighted by atomic mass is 16.5. The van der Waals surface area contributed by atoms with Gasteiger partial charge in [0.1, 0.15) is 5.82 Å². The standard InChI is InChI=1S/C10H15N3O3/c1-7(6-14)13(2)9-5-11-8(4-12-9)10(15)16-3/h4-5,7,14H,6H2,1-3H3. The molecule has 0 aromatic carbocycles. The van der Waals surface area contributed by atoms with Gasteiger partial charge in [0.2, 0.25) is 0 Å². The molecule has 6 heteroatoms. The van der Waals surface area contributed by atoms with Gasteiger partial charge < -0.3 is 14.7 Å². The molecule has 88 valence electrons. The fourth-order valence-corrected chi connectivity index (χ4v) is 1.06. The van der Waals surface area contributed by atoms with Gasteiger partial charge in [0.15, 0.2) is 5.69 Å². The van der Waals surface area contributed by atoms with E-state index in [4.69, 9.17) is 5.11 Å². The van der Waals surface area contributed by atoms with E-state index in [1.54, 1.807) is 11.9 Å². The zero-order valence-corrected chi connectivity index (χ0v) is 9.54. The Bertz CT molecular complexity index is 353. The highest BCUT2D eigenvalue weighted by molar-refractivity contribution is 5.86. The molecule has 1 N–H and O–H groups in total. The summed E-state index contributed by atoms with van der Waals surface area (Å²) in [6.45, 7) is 1.88. The average Bonchev–Trinajstić information content (AvgIpc) is 2.36. The van der Waals surface area contributed by atoms with Crippen molar-refractivity contribution < 1.29 is 14.6 Å². The summed E-state index contributed by atoms with van der Waals surface area (Å²) in [4.78, 5) is 20.9. The third kappa shape index (κ3) is 2.66. The lowest BCUT2D eigenvalue weighted by Gasteiger charge is -2.23. The number of carbonyl (C=O) groups excluding carboxylic acids is 1. The second kappa shape index (κ2) is 5.41. The smallest absolute Gasteiger partial charge is 0.358 e. The van der Waals surface area contributed by atoms with Crippen LogP contribution < -0.4 is 4.90 Å². The number of esters is 1. The van der Waals surface area contributed by atoms with Crippen molar-refractivity contribution in [3.8, 4) is 0 Å². The second-order valence-electron chi connectivity index (χ2n) is 3.39. The Balaban J connectivity index is 2.82. The predicted molar refractivity (Wildman–Crippen MR) is 58.3 cm³/mol. The van der Waals surface area contributed by atoms with Gasteiger partial charge >= 0.3 is 5.97 Å². The minimum Gasteiger partial charge on any atom is -0.464 e. The van der Waals surface area contributed by atoms with Crippen molar-refractivity contribution >= 4 is 11.8 Å². The van der Waals surface area contributed by atoms with Gasteiger partial charge in [-0.1, -0.05) is 0 Å². The lowest BCUT2D eigenvalue weighted by atomic mass is 10.3. The van der Waals surface area contributed by atoms with Crippen molar-refractivity contribution in [3.63, 3.8) is 0 Å². The summed E-state index contributed by atoms with van der Waals surface area (Å²) < 4.78 is 4.51. The molecule has 0 fully saturated rings. The van der Waals surface area contributed by atoms with Crippen molar-refractivity contribution in [1.29, 1.82) is 0 Å². The Morgan fingerprint density at radius 2 is 2.25 bits per heavy atom. The van der Waals surface area contributed by atoms with Crippen LogP contribution in [0.3, 0.4) is 0 Å². The Labute approximate surface area is 93.9 Å². The van der Waals surface area contributed by atoms with Crippen LogP contribution in [0.15, 0.2) is 12.4 Å². The molecule has 1 aromatic rings. The Morgan fingerprint density at radius 1 is 1.56 bits per heavy atom. The van der Waals surface area contributed by atoms with Gasteiger partial charge in [0.05, 0.1) is 32.2 Å². The van der Waals surface area contributed by atoms with Crippen molar-refractivity contribution in [3.05, 3.63) is 18.1 Å². The maximum atomic E-state index is 11.1. The molecule has 6 nitrogen and oxygen atoms in total. The van der Waals surface area contributed by atoms with Gasteiger partial charge in [-0.05, 0) is 6.92 Å². The summed E-state index contributed by atoms with van der Waals surface area (Å²) >= 11 is 0. The van der Waals surface area contributed by atoms with Gasteiger partial charge in [-0.2, -0.15) is 0 Å². The third-order valence-corrected chi connectivity index (χ3v) is 2.32. The van der Waals surface area contributed by atoms with Crippen LogP contribution in [0, 0.1) is 0 Å². The lowest BCUT2D eigenvalue weighted by Crippen LogP contribution is -2.32. The molecule has 16 heavy (non-hydrogen) atoms. The number of methoxy groups -OCH3 is 1. The first-order valence-electron chi connectivity index (χ1n) is 4.84. The van der Waals surface area contributed by atoms with Gasteiger partial charge in [0, 0.05) is 7.05 Å². The van der Waals surface area contributed by atoms with Crippen LogP contribution in [0.4, 0.5) is 5.82 Å². The Kier molecular flexibility index (Phi) is 4.19. The fourth-order valence-electron chi connectivity index (χ4n) is 1.06. The zero-order valence-electron chi connectivity index (χ0n) is 9.54. The van der Waals surface area contributed by atoms with Crippen molar-refractivity contribution in [2.45, 2.75) is 13.0 Å². The number of anilines is 1. The van der Waals surface area contributed by atoms with Gasteiger partial charge in [-0.15, -0.1) is 0 Å². The van der Waals surface area contributed by atoms with Gasteiger partial charge in [-0.3, -0.25) is 0 Å². The predicted octanol–water partition coefficient (Wildman–Crippen LogP) is 0.0802. The molecular weight excluding hydrogens is 210 g/mol. The molecule has 0 saturated carbocycles. The summed E-state index contributed by atoms with van der Waals surface area (Å²) in [7, 11) is 3.08. The first-order valence-corrected chi connectivity index (χ1v) is 4.84. The van der Waals surface area contributed by atoms with E-state index < -0.39 is 5.97 Å². The normalized spacial score (nSPS) is 12.0. The van der Waals surface area contributed by atoms with Gasteiger partial charge in [-0.25, -0.2) is 14.8 Å². The lowest BCUT2D eigenvalue weighted by molar-refractivity contribution is 0.0593. The van der Waals surface area contributed by atoms with Crippen LogP contribution >= 0.6 is 0 Å². The molecule has 0 aliphatic carbocycles. The quantitative estimate of drug-likeness (QED) is 0.731. The molecule has 0 radical (unpaired) electrons. The van der Waals surface area contributed by atoms with E-state index in [9.17, 15) is 4.79 Å². The molecule has 0 amide bonds. The van der Waals surface area contributed by atoms with Crippen molar-refractivity contribution in [1.82, 2.24) is 9.97 Å². The van der Waals surface area contributed by atoms with Crippen LogP contribution in [0.25, 0.3) is 0 Å². The van der Waals surface area contributed by atoms with E-state index >= 15 is 0 Å². The van der Waals surface area contributed by atoms with Crippen molar-refractivity contribution in [2.75, 3.05) is 25.7 Å². The number of ether oxygens (including phenoxy) is 1. The number of rotatable bonds is 4. The fraction of sp³-hybridized carbons (Fsp3) is 0.500. The number of carbonyl (C=O) groups is 1. The number of hydrogen-bond donors (Lipinski definition) is 1. The van der Waals surface area contributed by atoms with Crippen LogP contribution in [0.1, 0.15) is 17.4 Å². The molecule has 1 rings (SSSR count). The highest BCUT2D eigenvalue weighted by Crippen LogP contribution is 2.10. The first-order chi connectivity index (χ1) is 7.60. The van der Waals surface area contributed by atoms with Crippen LogP contribution in [-0.4, -0.2) is 47.8 Å². The maximum Gasteiger partial charge on any atom is 0.358 e. The third-order valence-electron chi connectivity index (χ3n) is 2.32. The minimum absolute atomic E-state index is 0.0247. The summed E-state index contributed by atoms with van der Waals surface area (Å²) in [6, 6.07) is -0.0572. The molecule has 0 saturated heterocycles. The number of aromatic nitrogens is 2. The highest BCUT2D eigenvalue weighted by Gasteiger charge is 2.12.